The Morgan fingerprint density at radius 1 is 1.14 bits per heavy atom. The van der Waals surface area contributed by atoms with Gasteiger partial charge in [0.25, 0.3) is 0 Å². The van der Waals surface area contributed by atoms with Crippen molar-refractivity contribution < 1.29 is 0 Å². The van der Waals surface area contributed by atoms with E-state index in [-0.39, 0.29) is 0 Å². The first-order valence-electron chi connectivity index (χ1n) is 8.15. The highest BCUT2D eigenvalue weighted by Gasteiger charge is 2.66. The van der Waals surface area contributed by atoms with Crippen molar-refractivity contribution in [3.63, 3.8) is 0 Å². The molecule has 1 heterocycles. The molecule has 3 N–H and O–H groups in total. The number of nitrogen functional groups attached to an aromatic ring is 1. The molecule has 0 aliphatic heterocycles. The van der Waals surface area contributed by atoms with Gasteiger partial charge in [0.05, 0.1) is 0 Å². The number of fused-ring (bicyclic) bond motifs is 5. The molecule has 4 unspecified atom stereocenters. The third kappa shape index (κ3) is 1.47. The Labute approximate surface area is 124 Å². The van der Waals surface area contributed by atoms with Crippen LogP contribution in [0.2, 0.25) is 0 Å². The van der Waals surface area contributed by atoms with Gasteiger partial charge in [-0.1, -0.05) is 24.3 Å². The maximum absolute atomic E-state index is 6.20. The van der Waals surface area contributed by atoms with Crippen molar-refractivity contribution in [3.8, 4) is 11.1 Å². The number of H-pyrrole nitrogens is 1. The lowest BCUT2D eigenvalue weighted by molar-refractivity contribution is 0.456. The molecule has 4 atom stereocenters. The summed E-state index contributed by atoms with van der Waals surface area (Å²) in [6.07, 6.45) is 4.38. The molecule has 3 nitrogen and oxygen atoms in total. The van der Waals surface area contributed by atoms with Crippen molar-refractivity contribution >= 4 is 5.82 Å². The van der Waals surface area contributed by atoms with E-state index in [2.05, 4.69) is 41.4 Å². The third-order valence-corrected chi connectivity index (χ3v) is 6.31. The molecule has 3 fully saturated rings. The second-order valence-corrected chi connectivity index (χ2v) is 7.23. The standard InChI is InChI=1S/C18H21N3/c1-9-4-2-3-5-12(9)15-17(20-21-18(15)19)16-13-10-6-7-11(8-10)14(13)16/h2-5,10-11,13-14,16H,6-8H2,1H3,(H3,19,20,21). The van der Waals surface area contributed by atoms with Crippen LogP contribution in [-0.2, 0) is 0 Å². The summed E-state index contributed by atoms with van der Waals surface area (Å²) in [6.45, 7) is 2.16. The van der Waals surface area contributed by atoms with E-state index in [0.717, 1.165) is 23.7 Å². The molecule has 3 heteroatoms. The largest absolute Gasteiger partial charge is 0.382 e. The van der Waals surface area contributed by atoms with Crippen molar-refractivity contribution in [2.75, 3.05) is 5.73 Å². The fraction of sp³-hybridized carbons (Fsp3) is 0.500. The fourth-order valence-electron chi connectivity index (χ4n) is 5.46. The van der Waals surface area contributed by atoms with Gasteiger partial charge in [-0.2, -0.15) is 5.10 Å². The van der Waals surface area contributed by atoms with Crippen LogP contribution in [0.15, 0.2) is 24.3 Å². The summed E-state index contributed by atoms with van der Waals surface area (Å²) in [5.41, 5.74) is 11.2. The molecule has 5 rings (SSSR count). The first kappa shape index (κ1) is 11.8. The molecule has 1 aromatic heterocycles. The highest BCUT2D eigenvalue weighted by atomic mass is 15.2. The number of nitrogens with one attached hydrogen (secondary N) is 1. The van der Waals surface area contributed by atoms with Gasteiger partial charge in [0, 0.05) is 17.2 Å². The van der Waals surface area contributed by atoms with Gasteiger partial charge in [0.2, 0.25) is 0 Å². The molecule has 2 aromatic rings. The smallest absolute Gasteiger partial charge is 0.153 e. The van der Waals surface area contributed by atoms with Crippen LogP contribution in [0.25, 0.3) is 11.1 Å². The Hall–Kier alpha value is -1.77. The van der Waals surface area contributed by atoms with Crippen LogP contribution < -0.4 is 5.73 Å². The number of rotatable bonds is 2. The number of nitrogens with two attached hydrogens (primary N) is 1. The van der Waals surface area contributed by atoms with E-state index >= 15 is 0 Å². The molecular weight excluding hydrogens is 258 g/mol. The van der Waals surface area contributed by atoms with E-state index in [1.54, 1.807) is 0 Å². The quantitative estimate of drug-likeness (QED) is 0.880. The predicted molar refractivity (Wildman–Crippen MR) is 83.7 cm³/mol. The van der Waals surface area contributed by atoms with Crippen molar-refractivity contribution in [3.05, 3.63) is 35.5 Å². The zero-order chi connectivity index (χ0) is 14.1. The summed E-state index contributed by atoms with van der Waals surface area (Å²) >= 11 is 0. The topological polar surface area (TPSA) is 54.7 Å². The number of hydrogen-bond donors (Lipinski definition) is 2. The Morgan fingerprint density at radius 2 is 1.86 bits per heavy atom. The number of benzene rings is 1. The van der Waals surface area contributed by atoms with Crippen LogP contribution in [0.3, 0.4) is 0 Å². The van der Waals surface area contributed by atoms with Crippen LogP contribution in [0.1, 0.15) is 36.4 Å². The molecule has 3 aliphatic rings. The molecule has 0 radical (unpaired) electrons. The van der Waals surface area contributed by atoms with Gasteiger partial charge in [-0.05, 0) is 61.0 Å². The van der Waals surface area contributed by atoms with E-state index in [9.17, 15) is 0 Å². The zero-order valence-electron chi connectivity index (χ0n) is 12.3. The molecule has 2 bridgehead atoms. The van der Waals surface area contributed by atoms with Crippen molar-refractivity contribution in [2.45, 2.75) is 32.1 Å². The minimum atomic E-state index is 0.664. The summed E-state index contributed by atoms with van der Waals surface area (Å²) in [5.74, 6) is 5.11. The molecule has 108 valence electrons. The molecule has 3 saturated carbocycles. The summed E-state index contributed by atoms with van der Waals surface area (Å²) in [6, 6.07) is 8.51. The van der Waals surface area contributed by atoms with Crippen LogP contribution in [0.4, 0.5) is 5.82 Å². The number of hydrogen-bond acceptors (Lipinski definition) is 2. The lowest BCUT2D eigenvalue weighted by atomic mass is 9.94. The third-order valence-electron chi connectivity index (χ3n) is 6.31. The predicted octanol–water partition coefficient (Wildman–Crippen LogP) is 3.73. The average Bonchev–Trinajstić information content (AvgIpc) is 2.81. The molecule has 0 spiro atoms. The highest BCUT2D eigenvalue weighted by Crippen LogP contribution is 2.73. The Balaban J connectivity index is 1.60. The SMILES string of the molecule is Cc1ccccc1-c1c(N)n[nH]c1C1C2C3CCC(C3)C12. The fourth-order valence-corrected chi connectivity index (χ4v) is 5.46. The number of aromatic amines is 1. The minimum Gasteiger partial charge on any atom is -0.382 e. The summed E-state index contributed by atoms with van der Waals surface area (Å²) in [4.78, 5) is 0. The van der Waals surface area contributed by atoms with E-state index in [1.165, 1.54) is 41.6 Å². The lowest BCUT2D eigenvalue weighted by Crippen LogP contribution is -2.00. The zero-order valence-corrected chi connectivity index (χ0v) is 12.3. The lowest BCUT2D eigenvalue weighted by Gasteiger charge is -2.11. The number of anilines is 1. The summed E-state index contributed by atoms with van der Waals surface area (Å²) < 4.78 is 0. The Morgan fingerprint density at radius 3 is 2.57 bits per heavy atom. The first-order valence-corrected chi connectivity index (χ1v) is 8.15. The van der Waals surface area contributed by atoms with Gasteiger partial charge in [0.1, 0.15) is 0 Å². The van der Waals surface area contributed by atoms with Gasteiger partial charge in [0.15, 0.2) is 5.82 Å². The molecule has 1 aromatic carbocycles. The maximum Gasteiger partial charge on any atom is 0.153 e. The van der Waals surface area contributed by atoms with Crippen molar-refractivity contribution in [1.82, 2.24) is 10.2 Å². The van der Waals surface area contributed by atoms with E-state index < -0.39 is 0 Å². The minimum absolute atomic E-state index is 0.664. The maximum atomic E-state index is 6.20. The van der Waals surface area contributed by atoms with Gasteiger partial charge < -0.3 is 5.73 Å². The molecule has 3 aliphatic carbocycles. The second-order valence-electron chi connectivity index (χ2n) is 7.23. The number of aromatic nitrogens is 2. The first-order chi connectivity index (χ1) is 10.3. The van der Waals surface area contributed by atoms with E-state index in [1.807, 2.05) is 0 Å². The normalized spacial score (nSPS) is 36.0. The molecule has 0 saturated heterocycles. The van der Waals surface area contributed by atoms with Gasteiger partial charge in [-0.3, -0.25) is 5.10 Å². The van der Waals surface area contributed by atoms with E-state index in [0.29, 0.717) is 11.7 Å². The van der Waals surface area contributed by atoms with Crippen LogP contribution in [0, 0.1) is 30.6 Å². The Kier molecular flexibility index (Phi) is 2.20. The van der Waals surface area contributed by atoms with Crippen molar-refractivity contribution in [2.24, 2.45) is 23.7 Å². The summed E-state index contributed by atoms with van der Waals surface area (Å²) in [5, 5.41) is 7.63. The van der Waals surface area contributed by atoms with Gasteiger partial charge >= 0.3 is 0 Å². The van der Waals surface area contributed by atoms with Gasteiger partial charge in [-0.15, -0.1) is 0 Å². The van der Waals surface area contributed by atoms with Crippen molar-refractivity contribution in [1.29, 1.82) is 0 Å². The average molecular weight is 279 g/mol. The number of aryl methyl sites for hydroxylation is 1. The summed E-state index contributed by atoms with van der Waals surface area (Å²) in [7, 11) is 0. The van der Waals surface area contributed by atoms with Gasteiger partial charge in [-0.25, -0.2) is 0 Å². The van der Waals surface area contributed by atoms with Crippen LogP contribution in [0.5, 0.6) is 0 Å². The second kappa shape index (κ2) is 3.90. The monoisotopic (exact) mass is 279 g/mol. The van der Waals surface area contributed by atoms with Crippen LogP contribution in [-0.4, -0.2) is 10.2 Å². The molecular formula is C18H21N3. The van der Waals surface area contributed by atoms with Crippen LogP contribution >= 0.6 is 0 Å². The Bertz CT molecular complexity index is 701. The highest BCUT2D eigenvalue weighted by molar-refractivity contribution is 5.79. The number of nitrogens with zero attached hydrogens (tertiary/aromatic N) is 1. The molecule has 0 amide bonds. The van der Waals surface area contributed by atoms with E-state index in [4.69, 9.17) is 5.73 Å². The molecule has 21 heavy (non-hydrogen) atoms.